The first-order chi connectivity index (χ1) is 16.0. The Morgan fingerprint density at radius 2 is 2.09 bits per heavy atom. The van der Waals surface area contributed by atoms with E-state index in [1.54, 1.807) is 15.9 Å². The van der Waals surface area contributed by atoms with Gasteiger partial charge >= 0.3 is 0 Å². The summed E-state index contributed by atoms with van der Waals surface area (Å²) >= 11 is 1.42. The number of benzene rings is 1. The van der Waals surface area contributed by atoms with E-state index in [0.717, 1.165) is 55.5 Å². The molecule has 0 saturated carbocycles. The summed E-state index contributed by atoms with van der Waals surface area (Å²) in [7, 11) is 1.83. The second-order valence-corrected chi connectivity index (χ2v) is 9.44. The number of carbonyl (C=O) groups excluding carboxylic acids is 2. The van der Waals surface area contributed by atoms with Crippen molar-refractivity contribution >= 4 is 23.2 Å². The van der Waals surface area contributed by atoms with Crippen molar-refractivity contribution in [2.75, 3.05) is 20.1 Å². The predicted molar refractivity (Wildman–Crippen MR) is 128 cm³/mol. The molecule has 8 heteroatoms. The Morgan fingerprint density at radius 1 is 1.21 bits per heavy atom. The van der Waals surface area contributed by atoms with Gasteiger partial charge in [-0.1, -0.05) is 24.6 Å². The maximum Gasteiger partial charge on any atom is 0.264 e. The summed E-state index contributed by atoms with van der Waals surface area (Å²) in [5, 5.41) is 9.20. The lowest BCUT2D eigenvalue weighted by Gasteiger charge is -2.27. The van der Waals surface area contributed by atoms with E-state index in [1.165, 1.54) is 23.5 Å². The van der Waals surface area contributed by atoms with Crippen molar-refractivity contribution in [3.63, 3.8) is 0 Å². The zero-order valence-electron chi connectivity index (χ0n) is 18.8. The lowest BCUT2D eigenvalue weighted by Crippen LogP contribution is -2.46. The highest BCUT2D eigenvalue weighted by atomic mass is 32.1. The van der Waals surface area contributed by atoms with Crippen molar-refractivity contribution in [2.24, 2.45) is 0 Å². The van der Waals surface area contributed by atoms with Gasteiger partial charge in [0.2, 0.25) is 5.91 Å². The molecule has 0 radical (unpaired) electrons. The van der Waals surface area contributed by atoms with E-state index in [9.17, 15) is 14.0 Å². The van der Waals surface area contributed by atoms with Gasteiger partial charge in [-0.15, -0.1) is 11.3 Å². The van der Waals surface area contributed by atoms with Gasteiger partial charge in [-0.2, -0.15) is 5.10 Å². The molecule has 6 nitrogen and oxygen atoms in total. The SMILES string of the molecule is CN(CCCCCc1cc(-c2cccc(F)c2)n[nH]1)C(=O)[C@@H]1CCCN1C(=O)c1cccs1. The summed E-state index contributed by atoms with van der Waals surface area (Å²) in [5.74, 6) is -0.274. The van der Waals surface area contributed by atoms with Gasteiger partial charge in [0.05, 0.1) is 10.6 Å². The minimum absolute atomic E-state index is 0.0331. The summed E-state index contributed by atoms with van der Waals surface area (Å²) in [6.07, 6.45) is 5.30. The molecule has 33 heavy (non-hydrogen) atoms. The number of thiophene rings is 1. The van der Waals surface area contributed by atoms with Crippen molar-refractivity contribution in [1.82, 2.24) is 20.0 Å². The highest BCUT2D eigenvalue weighted by Gasteiger charge is 2.36. The minimum Gasteiger partial charge on any atom is -0.344 e. The smallest absolute Gasteiger partial charge is 0.264 e. The van der Waals surface area contributed by atoms with Crippen molar-refractivity contribution < 1.29 is 14.0 Å². The predicted octanol–water partition coefficient (Wildman–Crippen LogP) is 4.75. The van der Waals surface area contributed by atoms with Crippen LogP contribution in [0.25, 0.3) is 11.3 Å². The summed E-state index contributed by atoms with van der Waals surface area (Å²) in [4.78, 5) is 29.9. The monoisotopic (exact) mass is 468 g/mol. The van der Waals surface area contributed by atoms with Crippen LogP contribution < -0.4 is 0 Å². The number of unbranched alkanes of at least 4 members (excludes halogenated alkanes) is 2. The fourth-order valence-electron chi connectivity index (χ4n) is 4.30. The van der Waals surface area contributed by atoms with Gasteiger partial charge in [-0.05, 0) is 61.7 Å². The number of aromatic amines is 1. The Labute approximate surface area is 197 Å². The third-order valence-electron chi connectivity index (χ3n) is 6.10. The standard InChI is InChI=1S/C25H29FN4O2S/c1-29(24(31)22-11-6-14-30(22)25(32)23-12-7-15-33-23)13-4-2-3-10-20-17-21(28-27-20)18-8-5-9-19(26)16-18/h5,7-9,12,15-17,22H,2-4,6,10-11,13-14H2,1H3,(H,27,28)/t22-/m0/s1. The Bertz CT molecular complexity index is 1080. The molecular formula is C25H29FN4O2S. The third-order valence-corrected chi connectivity index (χ3v) is 6.96. The van der Waals surface area contributed by atoms with E-state index in [1.807, 2.05) is 36.7 Å². The second-order valence-electron chi connectivity index (χ2n) is 8.49. The molecule has 0 bridgehead atoms. The lowest BCUT2D eigenvalue weighted by atomic mass is 10.1. The number of nitrogens with zero attached hydrogens (tertiary/aromatic N) is 3. The Kier molecular flexibility index (Phi) is 7.54. The number of aryl methyl sites for hydroxylation is 1. The molecule has 1 fully saturated rings. The molecule has 2 amide bonds. The molecule has 1 aromatic carbocycles. The molecule has 1 N–H and O–H groups in total. The molecule has 1 atom stereocenters. The average molecular weight is 469 g/mol. The molecule has 1 saturated heterocycles. The molecule has 3 heterocycles. The van der Waals surface area contributed by atoms with Gasteiger partial charge < -0.3 is 9.80 Å². The van der Waals surface area contributed by atoms with Gasteiger partial charge in [0.15, 0.2) is 0 Å². The number of likely N-dealkylation sites (N-methyl/N-ethyl adjacent to an activating group) is 1. The van der Waals surface area contributed by atoms with Crippen LogP contribution in [0.1, 0.15) is 47.5 Å². The number of hydrogen-bond acceptors (Lipinski definition) is 4. The van der Waals surface area contributed by atoms with Crippen LogP contribution >= 0.6 is 11.3 Å². The van der Waals surface area contributed by atoms with Gasteiger partial charge in [-0.3, -0.25) is 14.7 Å². The normalized spacial score (nSPS) is 15.7. The van der Waals surface area contributed by atoms with Gasteiger partial charge in [-0.25, -0.2) is 4.39 Å². The maximum absolute atomic E-state index is 13.4. The Morgan fingerprint density at radius 3 is 2.88 bits per heavy atom. The average Bonchev–Trinajstić information content (AvgIpc) is 3.59. The van der Waals surface area contributed by atoms with Crippen LogP contribution in [-0.2, 0) is 11.2 Å². The summed E-state index contributed by atoms with van der Waals surface area (Å²) in [5.41, 5.74) is 2.52. The van der Waals surface area contributed by atoms with Crippen molar-refractivity contribution in [1.29, 1.82) is 0 Å². The topological polar surface area (TPSA) is 69.3 Å². The summed E-state index contributed by atoms with van der Waals surface area (Å²) in [6.45, 7) is 1.32. The van der Waals surface area contributed by atoms with Crippen molar-refractivity contribution in [2.45, 2.75) is 44.6 Å². The number of hydrogen-bond donors (Lipinski definition) is 1. The largest absolute Gasteiger partial charge is 0.344 e. The molecule has 0 unspecified atom stereocenters. The number of carbonyl (C=O) groups is 2. The van der Waals surface area contributed by atoms with Crippen LogP contribution in [0.2, 0.25) is 0 Å². The zero-order valence-corrected chi connectivity index (χ0v) is 19.6. The number of aromatic nitrogens is 2. The number of amides is 2. The van der Waals surface area contributed by atoms with E-state index in [2.05, 4.69) is 10.2 Å². The Balaban J connectivity index is 1.20. The minimum atomic E-state index is -0.351. The van der Waals surface area contributed by atoms with E-state index in [-0.39, 0.29) is 23.7 Å². The number of H-pyrrole nitrogens is 1. The van der Waals surface area contributed by atoms with E-state index >= 15 is 0 Å². The highest BCUT2D eigenvalue weighted by Crippen LogP contribution is 2.24. The van der Waals surface area contributed by atoms with Gasteiger partial charge in [0, 0.05) is 31.4 Å². The molecular weight excluding hydrogens is 439 g/mol. The molecule has 0 aliphatic carbocycles. The van der Waals surface area contributed by atoms with Crippen LogP contribution in [0.4, 0.5) is 4.39 Å². The first kappa shape index (κ1) is 23.2. The molecule has 2 aromatic heterocycles. The van der Waals surface area contributed by atoms with E-state index in [0.29, 0.717) is 18.0 Å². The number of nitrogens with one attached hydrogen (secondary N) is 1. The van der Waals surface area contributed by atoms with Crippen molar-refractivity contribution in [3.05, 3.63) is 64.2 Å². The summed E-state index contributed by atoms with van der Waals surface area (Å²) < 4.78 is 13.4. The van der Waals surface area contributed by atoms with Crippen molar-refractivity contribution in [3.8, 4) is 11.3 Å². The first-order valence-electron chi connectivity index (χ1n) is 11.4. The van der Waals surface area contributed by atoms with Crippen LogP contribution in [0.5, 0.6) is 0 Å². The zero-order chi connectivity index (χ0) is 23.2. The van der Waals surface area contributed by atoms with Gasteiger partial charge in [0.25, 0.3) is 5.91 Å². The molecule has 4 rings (SSSR count). The molecule has 0 spiro atoms. The van der Waals surface area contributed by atoms with Crippen LogP contribution in [0.3, 0.4) is 0 Å². The fraction of sp³-hybridized carbons (Fsp3) is 0.400. The second kappa shape index (κ2) is 10.7. The van der Waals surface area contributed by atoms with Crippen LogP contribution in [0, 0.1) is 5.82 Å². The van der Waals surface area contributed by atoms with Crippen LogP contribution in [-0.4, -0.2) is 58.0 Å². The molecule has 1 aliphatic heterocycles. The molecule has 174 valence electrons. The summed E-state index contributed by atoms with van der Waals surface area (Å²) in [6, 6.07) is 11.7. The van der Waals surface area contributed by atoms with Gasteiger partial charge in [0.1, 0.15) is 11.9 Å². The highest BCUT2D eigenvalue weighted by molar-refractivity contribution is 7.12. The molecule has 1 aliphatic rings. The van der Waals surface area contributed by atoms with Crippen LogP contribution in [0.15, 0.2) is 47.8 Å². The van der Waals surface area contributed by atoms with E-state index < -0.39 is 0 Å². The third kappa shape index (κ3) is 5.68. The Hall–Kier alpha value is -3.00. The maximum atomic E-state index is 13.4. The quantitative estimate of drug-likeness (QED) is 0.461. The first-order valence-corrected chi connectivity index (χ1v) is 12.3. The lowest BCUT2D eigenvalue weighted by molar-refractivity contribution is -0.134. The fourth-order valence-corrected chi connectivity index (χ4v) is 4.98. The molecule has 3 aromatic rings. The number of likely N-dealkylation sites (tertiary alicyclic amines) is 1. The van der Waals surface area contributed by atoms with E-state index in [4.69, 9.17) is 0 Å². The number of rotatable bonds is 9. The number of halogens is 1.